The second-order valence-electron chi connectivity index (χ2n) is 16.1. The molecule has 8 fully saturated rings. The van der Waals surface area contributed by atoms with Gasteiger partial charge in [-0.2, -0.15) is 0 Å². The smallest absolute Gasteiger partial charge is 0.119 e. The summed E-state index contributed by atoms with van der Waals surface area (Å²) in [6.07, 6.45) is 14.6. The lowest BCUT2D eigenvalue weighted by molar-refractivity contribution is -0.163. The molecule has 0 radical (unpaired) electrons. The number of benzene rings is 2. The maximum absolute atomic E-state index is 6.06. The van der Waals surface area contributed by atoms with Crippen LogP contribution in [0.1, 0.15) is 89.2 Å². The Labute approximate surface area is 254 Å². The van der Waals surface area contributed by atoms with Crippen molar-refractivity contribution in [1.82, 2.24) is 0 Å². The highest BCUT2D eigenvalue weighted by Gasteiger charge is 2.67. The molecule has 0 spiro atoms. The summed E-state index contributed by atoms with van der Waals surface area (Å²) in [5.74, 6) is 9.08. The van der Waals surface area contributed by atoms with Gasteiger partial charge < -0.3 is 9.47 Å². The average Bonchev–Trinajstić information content (AvgIpc) is 2.96. The van der Waals surface area contributed by atoms with Gasteiger partial charge in [0.15, 0.2) is 0 Å². The van der Waals surface area contributed by atoms with Crippen molar-refractivity contribution in [2.45, 2.75) is 88.9 Å². The largest absolute Gasteiger partial charge is 0.489 e. The highest BCUT2D eigenvalue weighted by atomic mass is 16.5. The standard InChI is InChI=1S/C40H50O2/c1-25(2)23-41-35-9-5-33(6-10-35)39-19-27-13-28(20-39)16-31(15-27)37(39)38-32-17-29-14-30(18-32)22-40(38,21-29)34-7-11-36(12-8-34)42-24-26(3)4/h5-12,27-32,37-38H,1,3,13-24H2,2,4H3. The molecular formula is C40H50O2. The molecule has 222 valence electrons. The molecule has 2 nitrogen and oxygen atoms in total. The molecule has 2 aromatic carbocycles. The Hall–Kier alpha value is -2.48. The Kier molecular flexibility index (Phi) is 6.47. The quantitative estimate of drug-likeness (QED) is 0.283. The van der Waals surface area contributed by atoms with Gasteiger partial charge in [0.25, 0.3) is 0 Å². The molecule has 10 rings (SSSR count). The minimum Gasteiger partial charge on any atom is -0.489 e. The first-order chi connectivity index (χ1) is 20.3. The van der Waals surface area contributed by atoms with E-state index in [-0.39, 0.29) is 0 Å². The van der Waals surface area contributed by atoms with Crippen LogP contribution in [0, 0.1) is 47.3 Å². The lowest BCUT2D eigenvalue weighted by Gasteiger charge is -2.71. The van der Waals surface area contributed by atoms with Gasteiger partial charge in [0.2, 0.25) is 0 Å². The van der Waals surface area contributed by atoms with Crippen LogP contribution in [0.2, 0.25) is 0 Å². The van der Waals surface area contributed by atoms with Gasteiger partial charge in [-0.3, -0.25) is 0 Å². The minimum atomic E-state index is 0.333. The molecule has 0 amide bonds. The van der Waals surface area contributed by atoms with E-state index < -0.39 is 0 Å². The predicted octanol–water partition coefficient (Wildman–Crippen LogP) is 9.68. The third-order valence-electron chi connectivity index (χ3n) is 13.0. The molecule has 0 N–H and O–H groups in total. The molecular weight excluding hydrogens is 512 g/mol. The van der Waals surface area contributed by atoms with E-state index in [9.17, 15) is 0 Å². The van der Waals surface area contributed by atoms with Crippen LogP contribution in [0.15, 0.2) is 72.8 Å². The number of hydrogen-bond acceptors (Lipinski definition) is 2. The molecule has 8 saturated carbocycles. The summed E-state index contributed by atoms with van der Waals surface area (Å²) in [6, 6.07) is 19.0. The van der Waals surface area contributed by atoms with Crippen molar-refractivity contribution >= 4 is 0 Å². The topological polar surface area (TPSA) is 18.5 Å². The monoisotopic (exact) mass is 562 g/mol. The number of rotatable bonds is 9. The first-order valence-corrected chi connectivity index (χ1v) is 17.1. The van der Waals surface area contributed by atoms with Gasteiger partial charge in [-0.05, 0) is 183 Å². The van der Waals surface area contributed by atoms with Crippen LogP contribution in [-0.2, 0) is 10.8 Å². The van der Waals surface area contributed by atoms with Crippen molar-refractivity contribution in [3.05, 3.63) is 84.0 Å². The molecule has 0 aromatic heterocycles. The molecule has 8 aliphatic carbocycles. The fraction of sp³-hybridized carbons (Fsp3) is 0.600. The van der Waals surface area contributed by atoms with Crippen LogP contribution >= 0.6 is 0 Å². The second kappa shape index (κ2) is 10.0. The predicted molar refractivity (Wildman–Crippen MR) is 171 cm³/mol. The molecule has 2 aromatic rings. The second-order valence-corrected chi connectivity index (χ2v) is 16.1. The molecule has 0 heterocycles. The molecule has 6 atom stereocenters. The van der Waals surface area contributed by atoms with E-state index in [0.717, 1.165) is 70.0 Å². The first-order valence-electron chi connectivity index (χ1n) is 17.1. The summed E-state index contributed by atoms with van der Waals surface area (Å²) in [4.78, 5) is 0. The summed E-state index contributed by atoms with van der Waals surface area (Å²) in [5.41, 5.74) is 6.06. The van der Waals surface area contributed by atoms with E-state index in [1.165, 1.54) is 64.2 Å². The maximum Gasteiger partial charge on any atom is 0.119 e. The van der Waals surface area contributed by atoms with Crippen LogP contribution in [0.5, 0.6) is 11.5 Å². The number of hydrogen-bond donors (Lipinski definition) is 0. The van der Waals surface area contributed by atoms with Gasteiger partial charge in [-0.25, -0.2) is 0 Å². The van der Waals surface area contributed by atoms with Crippen molar-refractivity contribution in [1.29, 1.82) is 0 Å². The Balaban J connectivity index is 1.19. The van der Waals surface area contributed by atoms with Crippen molar-refractivity contribution in [3.63, 3.8) is 0 Å². The average molecular weight is 563 g/mol. The van der Waals surface area contributed by atoms with E-state index in [0.29, 0.717) is 24.0 Å². The summed E-state index contributed by atoms with van der Waals surface area (Å²) in [6.45, 7) is 13.3. The molecule has 6 unspecified atom stereocenters. The van der Waals surface area contributed by atoms with Crippen molar-refractivity contribution in [2.75, 3.05) is 13.2 Å². The highest BCUT2D eigenvalue weighted by molar-refractivity contribution is 5.40. The lowest BCUT2D eigenvalue weighted by Crippen LogP contribution is -2.65. The van der Waals surface area contributed by atoms with E-state index in [1.54, 1.807) is 11.1 Å². The van der Waals surface area contributed by atoms with Crippen LogP contribution in [0.25, 0.3) is 0 Å². The van der Waals surface area contributed by atoms with Crippen molar-refractivity contribution in [2.24, 2.45) is 47.3 Å². The number of fused-ring (bicyclic) bond motifs is 1. The SMILES string of the molecule is C=C(C)COc1ccc(C23CC4CC(CC(C4)C2C2C4CC5CC(C4)CC2(c2ccc(OCC(=C)C)cc2)C5)C3)cc1. The maximum atomic E-state index is 6.06. The van der Waals surface area contributed by atoms with Gasteiger partial charge >= 0.3 is 0 Å². The first kappa shape index (κ1) is 27.1. The summed E-state index contributed by atoms with van der Waals surface area (Å²) in [7, 11) is 0. The fourth-order valence-corrected chi connectivity index (χ4v) is 12.5. The van der Waals surface area contributed by atoms with Gasteiger partial charge in [-0.1, -0.05) is 37.4 Å². The van der Waals surface area contributed by atoms with Crippen LogP contribution in [0.3, 0.4) is 0 Å². The van der Waals surface area contributed by atoms with Crippen molar-refractivity contribution < 1.29 is 9.47 Å². The molecule has 0 saturated heterocycles. The van der Waals surface area contributed by atoms with Gasteiger partial charge in [-0.15, -0.1) is 0 Å². The Morgan fingerprint density at radius 1 is 0.571 bits per heavy atom. The molecule has 8 bridgehead atoms. The van der Waals surface area contributed by atoms with Gasteiger partial charge in [0.05, 0.1) is 0 Å². The number of ether oxygens (including phenoxy) is 2. The normalized spacial score (nSPS) is 40.7. The molecule has 42 heavy (non-hydrogen) atoms. The highest BCUT2D eigenvalue weighted by Crippen LogP contribution is 2.73. The van der Waals surface area contributed by atoms with Gasteiger partial charge in [0, 0.05) is 0 Å². The third-order valence-corrected chi connectivity index (χ3v) is 13.0. The zero-order chi connectivity index (χ0) is 28.6. The zero-order valence-electron chi connectivity index (χ0n) is 26.0. The van der Waals surface area contributed by atoms with E-state index in [4.69, 9.17) is 9.47 Å². The minimum absolute atomic E-state index is 0.333. The van der Waals surface area contributed by atoms with E-state index >= 15 is 0 Å². The molecule has 0 aliphatic heterocycles. The van der Waals surface area contributed by atoms with Crippen LogP contribution in [0.4, 0.5) is 0 Å². The van der Waals surface area contributed by atoms with Crippen LogP contribution in [-0.4, -0.2) is 13.2 Å². The molecule has 8 aliphatic rings. The zero-order valence-corrected chi connectivity index (χ0v) is 26.0. The Bertz CT molecular complexity index is 1220. The fourth-order valence-electron chi connectivity index (χ4n) is 12.5. The van der Waals surface area contributed by atoms with Crippen LogP contribution < -0.4 is 9.47 Å². The van der Waals surface area contributed by atoms with Crippen molar-refractivity contribution in [3.8, 4) is 11.5 Å². The van der Waals surface area contributed by atoms with E-state index in [2.05, 4.69) is 61.7 Å². The Morgan fingerprint density at radius 3 is 1.21 bits per heavy atom. The summed E-state index contributed by atoms with van der Waals surface area (Å²) >= 11 is 0. The molecule has 2 heteroatoms. The van der Waals surface area contributed by atoms with E-state index in [1.807, 2.05) is 13.8 Å². The summed E-state index contributed by atoms with van der Waals surface area (Å²) < 4.78 is 12.1. The summed E-state index contributed by atoms with van der Waals surface area (Å²) in [5, 5.41) is 0. The lowest BCUT2D eigenvalue weighted by atomic mass is 9.33. The Morgan fingerprint density at radius 2 is 0.905 bits per heavy atom. The van der Waals surface area contributed by atoms with Gasteiger partial charge in [0.1, 0.15) is 24.7 Å². The third kappa shape index (κ3) is 4.33.